The van der Waals surface area contributed by atoms with Gasteiger partial charge in [0.2, 0.25) is 0 Å². The molecule has 0 N–H and O–H groups in total. The van der Waals surface area contributed by atoms with Crippen molar-refractivity contribution < 1.29 is 31.1 Å². The summed E-state index contributed by atoms with van der Waals surface area (Å²) in [5, 5.41) is 0. The number of benzene rings is 2. The van der Waals surface area contributed by atoms with E-state index in [1.54, 1.807) is 0 Å². The van der Waals surface area contributed by atoms with E-state index in [9.17, 15) is 31.1 Å². The number of rotatable bonds is 2. The fourth-order valence-electron chi connectivity index (χ4n) is 3.12. The van der Waals surface area contributed by atoms with Crippen LogP contribution in [0, 0.1) is 0 Å². The first-order chi connectivity index (χ1) is 13.1. The fraction of sp³-hybridized carbons (Fsp3) is 0.190. The first-order valence-electron chi connectivity index (χ1n) is 8.35. The topological polar surface area (TPSA) is 17.1 Å². The van der Waals surface area contributed by atoms with Crippen LogP contribution >= 0.6 is 0 Å². The molecule has 0 unspecified atom stereocenters. The Bertz CT molecular complexity index is 886. The summed E-state index contributed by atoms with van der Waals surface area (Å²) in [5.74, 6) is -0.533. The summed E-state index contributed by atoms with van der Waals surface area (Å²) in [7, 11) is 0. The third-order valence-electron chi connectivity index (χ3n) is 4.44. The molecule has 3 rings (SSSR count). The first kappa shape index (κ1) is 19.9. The highest BCUT2D eigenvalue weighted by molar-refractivity contribution is 6.15. The fourth-order valence-corrected chi connectivity index (χ4v) is 3.12. The quantitative estimate of drug-likeness (QED) is 0.415. The van der Waals surface area contributed by atoms with Gasteiger partial charge >= 0.3 is 12.4 Å². The van der Waals surface area contributed by atoms with Crippen molar-refractivity contribution in [3.8, 4) is 0 Å². The maximum atomic E-state index is 13.1. The number of halogens is 6. The zero-order valence-electron chi connectivity index (χ0n) is 14.4. The number of hydrogen-bond donors (Lipinski definition) is 0. The normalized spacial score (nSPS) is 18.3. The zero-order valence-corrected chi connectivity index (χ0v) is 14.4. The second kappa shape index (κ2) is 7.30. The number of carbonyl (C=O) groups excluding carboxylic acids is 1. The van der Waals surface area contributed by atoms with Crippen LogP contribution in [-0.4, -0.2) is 5.78 Å². The van der Waals surface area contributed by atoms with Crippen LogP contribution in [0.3, 0.4) is 0 Å². The van der Waals surface area contributed by atoms with E-state index in [0.29, 0.717) is 0 Å². The average Bonchev–Trinajstić information content (AvgIpc) is 2.94. The minimum Gasteiger partial charge on any atom is -0.289 e. The van der Waals surface area contributed by atoms with Gasteiger partial charge in [0, 0.05) is 11.1 Å². The Hall–Kier alpha value is -2.83. The van der Waals surface area contributed by atoms with Crippen molar-refractivity contribution in [2.45, 2.75) is 25.2 Å². The molecular formula is C21H14F6O. The van der Waals surface area contributed by atoms with Crippen LogP contribution < -0.4 is 0 Å². The zero-order chi connectivity index (χ0) is 20.5. The Morgan fingerprint density at radius 3 is 1.36 bits per heavy atom. The van der Waals surface area contributed by atoms with Crippen molar-refractivity contribution in [1.29, 1.82) is 0 Å². The lowest BCUT2D eigenvalue weighted by Gasteiger charge is -2.10. The van der Waals surface area contributed by atoms with E-state index < -0.39 is 29.3 Å². The molecule has 0 aromatic heterocycles. The van der Waals surface area contributed by atoms with E-state index in [1.807, 2.05) is 0 Å². The molecule has 1 saturated carbocycles. The van der Waals surface area contributed by atoms with Crippen molar-refractivity contribution in [3.05, 3.63) is 81.9 Å². The molecule has 7 heteroatoms. The van der Waals surface area contributed by atoms with Crippen LogP contribution in [0.5, 0.6) is 0 Å². The Morgan fingerprint density at radius 2 is 1.00 bits per heavy atom. The molecular weight excluding hydrogens is 382 g/mol. The summed E-state index contributed by atoms with van der Waals surface area (Å²) in [6.45, 7) is 0. The molecule has 1 fully saturated rings. The van der Waals surface area contributed by atoms with E-state index in [1.165, 1.54) is 48.6 Å². The first-order valence-corrected chi connectivity index (χ1v) is 8.35. The molecule has 0 bridgehead atoms. The minimum atomic E-state index is -4.57. The van der Waals surface area contributed by atoms with E-state index >= 15 is 0 Å². The molecule has 0 heterocycles. The Morgan fingerprint density at radius 1 is 0.643 bits per heavy atom. The molecule has 0 spiro atoms. The number of hydrogen-bond acceptors (Lipinski definition) is 1. The predicted octanol–water partition coefficient (Wildman–Crippen LogP) is 6.55. The van der Waals surface area contributed by atoms with Crippen molar-refractivity contribution >= 4 is 17.9 Å². The second-order valence-corrected chi connectivity index (χ2v) is 6.34. The largest absolute Gasteiger partial charge is 0.416 e. The van der Waals surface area contributed by atoms with Crippen LogP contribution in [0.1, 0.15) is 35.1 Å². The highest BCUT2D eigenvalue weighted by atomic mass is 19.4. The van der Waals surface area contributed by atoms with Crippen LogP contribution in [0.2, 0.25) is 0 Å². The molecule has 146 valence electrons. The summed E-state index contributed by atoms with van der Waals surface area (Å²) < 4.78 is 78.6. The molecule has 1 aliphatic rings. The van der Waals surface area contributed by atoms with Crippen molar-refractivity contribution in [2.24, 2.45) is 0 Å². The number of ketones is 1. The van der Waals surface area contributed by atoms with E-state index in [-0.39, 0.29) is 35.1 Å². The van der Waals surface area contributed by atoms with Gasteiger partial charge in [-0.1, -0.05) is 36.4 Å². The van der Waals surface area contributed by atoms with Crippen LogP contribution in [0.25, 0.3) is 12.2 Å². The van der Waals surface area contributed by atoms with Gasteiger partial charge in [0.25, 0.3) is 0 Å². The number of carbonyl (C=O) groups is 1. The monoisotopic (exact) mass is 396 g/mol. The highest BCUT2D eigenvalue weighted by Gasteiger charge is 2.34. The van der Waals surface area contributed by atoms with E-state index in [4.69, 9.17) is 0 Å². The molecule has 0 radical (unpaired) electrons. The van der Waals surface area contributed by atoms with Crippen LogP contribution in [0.15, 0.2) is 59.7 Å². The molecule has 2 aromatic rings. The number of Topliss-reactive ketones (excluding diaryl/α,β-unsaturated/α-hetero) is 1. The Balaban J connectivity index is 1.96. The SMILES string of the molecule is O=C1/C(=C/c2ccccc2C(F)(F)F)CC/C1=C\c1ccccc1C(F)(F)F. The van der Waals surface area contributed by atoms with Crippen molar-refractivity contribution in [2.75, 3.05) is 0 Å². The Labute approximate surface area is 157 Å². The van der Waals surface area contributed by atoms with Gasteiger partial charge in [0.1, 0.15) is 0 Å². The van der Waals surface area contributed by atoms with Gasteiger partial charge in [-0.2, -0.15) is 26.3 Å². The lowest BCUT2D eigenvalue weighted by molar-refractivity contribution is -0.138. The third kappa shape index (κ3) is 4.18. The number of allylic oxidation sites excluding steroid dienone is 2. The van der Waals surface area contributed by atoms with Crippen molar-refractivity contribution in [1.82, 2.24) is 0 Å². The molecule has 0 aliphatic heterocycles. The van der Waals surface area contributed by atoms with E-state index in [0.717, 1.165) is 12.1 Å². The predicted molar refractivity (Wildman–Crippen MR) is 93.1 cm³/mol. The summed E-state index contributed by atoms with van der Waals surface area (Å²) in [5.41, 5.74) is -1.73. The summed E-state index contributed by atoms with van der Waals surface area (Å²) in [6, 6.07) is 9.70. The number of alkyl halides is 6. The highest BCUT2D eigenvalue weighted by Crippen LogP contribution is 2.37. The molecule has 0 amide bonds. The van der Waals surface area contributed by atoms with E-state index in [2.05, 4.69) is 0 Å². The molecule has 0 saturated heterocycles. The van der Waals surface area contributed by atoms with Gasteiger partial charge in [-0.25, -0.2) is 0 Å². The standard InChI is InChI=1S/C21H14F6O/c22-20(23,24)17-7-3-1-5-13(17)11-15-9-10-16(19(15)28)12-14-6-2-4-8-18(14)21(25,26)27/h1-8,11-12H,9-10H2/b15-11+,16-12+. The summed E-state index contributed by atoms with van der Waals surface area (Å²) in [4.78, 5) is 12.5. The van der Waals surface area contributed by atoms with Gasteiger partial charge in [-0.05, 0) is 48.3 Å². The summed E-state index contributed by atoms with van der Waals surface area (Å²) in [6.07, 6.45) is -6.46. The minimum absolute atomic E-state index is 0.143. The molecule has 0 atom stereocenters. The third-order valence-corrected chi connectivity index (χ3v) is 4.44. The molecule has 1 nitrogen and oxygen atoms in total. The van der Waals surface area contributed by atoms with Gasteiger partial charge in [0.15, 0.2) is 5.78 Å². The van der Waals surface area contributed by atoms with Crippen molar-refractivity contribution in [3.63, 3.8) is 0 Å². The van der Waals surface area contributed by atoms with Gasteiger partial charge in [-0.3, -0.25) is 4.79 Å². The second-order valence-electron chi connectivity index (χ2n) is 6.34. The van der Waals surface area contributed by atoms with Crippen LogP contribution in [0.4, 0.5) is 26.3 Å². The maximum absolute atomic E-state index is 13.1. The maximum Gasteiger partial charge on any atom is 0.416 e. The Kier molecular flexibility index (Phi) is 5.19. The molecule has 28 heavy (non-hydrogen) atoms. The van der Waals surface area contributed by atoms with Crippen LogP contribution in [-0.2, 0) is 17.1 Å². The molecule has 2 aromatic carbocycles. The van der Waals surface area contributed by atoms with Gasteiger partial charge in [-0.15, -0.1) is 0 Å². The molecule has 1 aliphatic carbocycles. The average molecular weight is 396 g/mol. The van der Waals surface area contributed by atoms with Gasteiger partial charge < -0.3 is 0 Å². The smallest absolute Gasteiger partial charge is 0.289 e. The lowest BCUT2D eigenvalue weighted by Crippen LogP contribution is -2.08. The lowest BCUT2D eigenvalue weighted by atomic mass is 10.0. The van der Waals surface area contributed by atoms with Gasteiger partial charge in [0.05, 0.1) is 11.1 Å². The summed E-state index contributed by atoms with van der Waals surface area (Å²) >= 11 is 0.